The molecule has 0 unspecified atom stereocenters. The summed E-state index contributed by atoms with van der Waals surface area (Å²) in [5.41, 5.74) is 0.340. The van der Waals surface area contributed by atoms with Crippen LogP contribution in [0.25, 0.3) is 11.3 Å². The highest BCUT2D eigenvalue weighted by Gasteiger charge is 2.16. The van der Waals surface area contributed by atoms with E-state index >= 15 is 0 Å². The predicted octanol–water partition coefficient (Wildman–Crippen LogP) is 3.27. The second-order valence-electron chi connectivity index (χ2n) is 3.16. The van der Waals surface area contributed by atoms with Gasteiger partial charge in [-0.25, -0.2) is 13.2 Å². The van der Waals surface area contributed by atoms with Crippen LogP contribution in [0.1, 0.15) is 0 Å². The van der Waals surface area contributed by atoms with E-state index in [4.69, 9.17) is 4.74 Å². The standard InChI is InChI=1S/C10H6BrF3N2O/c1-17-10-15-8(9(11)16-10)4-2-5(12)7(14)6(13)3-4/h2-3H,1H3,(H,15,16). The minimum atomic E-state index is -1.51. The maximum absolute atomic E-state index is 13.0. The molecule has 0 aliphatic carbocycles. The van der Waals surface area contributed by atoms with E-state index in [0.717, 1.165) is 12.1 Å². The zero-order chi connectivity index (χ0) is 12.6. The van der Waals surface area contributed by atoms with Gasteiger partial charge in [-0.3, -0.25) is 0 Å². The Morgan fingerprint density at radius 1 is 1.24 bits per heavy atom. The third-order valence-electron chi connectivity index (χ3n) is 2.09. The van der Waals surface area contributed by atoms with Crippen molar-refractivity contribution in [2.24, 2.45) is 0 Å². The van der Waals surface area contributed by atoms with Crippen LogP contribution in [0.3, 0.4) is 0 Å². The number of imidazole rings is 1. The fraction of sp³-hybridized carbons (Fsp3) is 0.100. The summed E-state index contributed by atoms with van der Waals surface area (Å²) in [5.74, 6) is -4.05. The molecule has 1 aromatic heterocycles. The molecule has 0 saturated heterocycles. The number of aromatic nitrogens is 2. The van der Waals surface area contributed by atoms with Crippen molar-refractivity contribution in [3.05, 3.63) is 34.2 Å². The van der Waals surface area contributed by atoms with Gasteiger partial charge >= 0.3 is 0 Å². The van der Waals surface area contributed by atoms with Gasteiger partial charge in [0.05, 0.1) is 7.11 Å². The zero-order valence-electron chi connectivity index (χ0n) is 8.52. The van der Waals surface area contributed by atoms with E-state index < -0.39 is 17.5 Å². The maximum Gasteiger partial charge on any atom is 0.294 e. The molecule has 0 saturated carbocycles. The van der Waals surface area contributed by atoms with Crippen LogP contribution >= 0.6 is 15.9 Å². The molecular formula is C10H6BrF3N2O. The van der Waals surface area contributed by atoms with Crippen molar-refractivity contribution in [2.45, 2.75) is 0 Å². The lowest BCUT2D eigenvalue weighted by Crippen LogP contribution is -1.92. The fourth-order valence-corrected chi connectivity index (χ4v) is 1.80. The van der Waals surface area contributed by atoms with Crippen LogP contribution in [-0.4, -0.2) is 17.1 Å². The highest BCUT2D eigenvalue weighted by atomic mass is 79.9. The van der Waals surface area contributed by atoms with Gasteiger partial charge in [0, 0.05) is 5.56 Å². The smallest absolute Gasteiger partial charge is 0.294 e. The number of hydrogen-bond acceptors (Lipinski definition) is 2. The van der Waals surface area contributed by atoms with E-state index in [1.165, 1.54) is 7.11 Å². The number of halogens is 4. The molecule has 1 aromatic carbocycles. The molecule has 1 heterocycles. The van der Waals surface area contributed by atoms with E-state index in [0.29, 0.717) is 4.60 Å². The van der Waals surface area contributed by atoms with Gasteiger partial charge in [-0.2, -0.15) is 4.98 Å². The van der Waals surface area contributed by atoms with Crippen LogP contribution in [0, 0.1) is 17.5 Å². The van der Waals surface area contributed by atoms with Crippen LogP contribution < -0.4 is 4.74 Å². The average molecular weight is 307 g/mol. The Bertz CT molecular complexity index is 548. The number of rotatable bonds is 2. The second-order valence-corrected chi connectivity index (χ2v) is 3.96. The molecule has 0 amide bonds. The second kappa shape index (κ2) is 4.40. The zero-order valence-corrected chi connectivity index (χ0v) is 10.1. The Balaban J connectivity index is 2.56. The molecule has 0 spiro atoms. The first kappa shape index (κ1) is 12.0. The van der Waals surface area contributed by atoms with Gasteiger partial charge in [-0.15, -0.1) is 0 Å². The van der Waals surface area contributed by atoms with E-state index in [1.807, 2.05) is 0 Å². The third kappa shape index (κ3) is 2.14. The molecule has 3 nitrogen and oxygen atoms in total. The summed E-state index contributed by atoms with van der Waals surface area (Å²) in [7, 11) is 1.39. The van der Waals surface area contributed by atoms with Crippen molar-refractivity contribution in [3.8, 4) is 17.3 Å². The van der Waals surface area contributed by atoms with E-state index in [2.05, 4.69) is 25.9 Å². The van der Waals surface area contributed by atoms with Crippen LogP contribution in [0.4, 0.5) is 13.2 Å². The van der Waals surface area contributed by atoms with Crippen molar-refractivity contribution in [1.29, 1.82) is 0 Å². The van der Waals surface area contributed by atoms with Crippen molar-refractivity contribution >= 4 is 15.9 Å². The van der Waals surface area contributed by atoms with Gasteiger partial charge < -0.3 is 9.72 Å². The van der Waals surface area contributed by atoms with Gasteiger partial charge in [0.1, 0.15) is 10.3 Å². The van der Waals surface area contributed by atoms with E-state index in [1.54, 1.807) is 0 Å². The molecule has 0 atom stereocenters. The van der Waals surface area contributed by atoms with Crippen molar-refractivity contribution in [1.82, 2.24) is 9.97 Å². The molecule has 1 N–H and O–H groups in total. The molecule has 2 rings (SSSR count). The van der Waals surface area contributed by atoms with Gasteiger partial charge in [-0.05, 0) is 28.1 Å². The van der Waals surface area contributed by atoms with Gasteiger partial charge in [0.25, 0.3) is 6.01 Å². The number of benzene rings is 1. The largest absolute Gasteiger partial charge is 0.468 e. The first-order valence-electron chi connectivity index (χ1n) is 4.47. The normalized spacial score (nSPS) is 10.6. The molecule has 90 valence electrons. The number of aromatic amines is 1. The van der Waals surface area contributed by atoms with Crippen LogP contribution in [0.15, 0.2) is 16.7 Å². The maximum atomic E-state index is 13.0. The molecule has 0 fully saturated rings. The van der Waals surface area contributed by atoms with Gasteiger partial charge in [0.2, 0.25) is 0 Å². The number of nitrogens with zero attached hydrogens (tertiary/aromatic N) is 1. The third-order valence-corrected chi connectivity index (χ3v) is 2.66. The van der Waals surface area contributed by atoms with Crippen LogP contribution in [0.5, 0.6) is 6.01 Å². The Morgan fingerprint density at radius 2 is 1.82 bits per heavy atom. The summed E-state index contributed by atoms with van der Waals surface area (Å²) in [6.07, 6.45) is 0. The summed E-state index contributed by atoms with van der Waals surface area (Å²) in [6.45, 7) is 0. The lowest BCUT2D eigenvalue weighted by atomic mass is 10.1. The number of methoxy groups -OCH3 is 1. The van der Waals surface area contributed by atoms with Gasteiger partial charge in [0.15, 0.2) is 17.5 Å². The molecule has 2 aromatic rings. The topological polar surface area (TPSA) is 37.9 Å². The first-order valence-corrected chi connectivity index (χ1v) is 5.26. The average Bonchev–Trinajstić information content (AvgIpc) is 2.67. The number of nitrogens with one attached hydrogen (secondary N) is 1. The number of ether oxygens (including phenoxy) is 1. The number of H-pyrrole nitrogens is 1. The highest BCUT2D eigenvalue weighted by Crippen LogP contribution is 2.30. The summed E-state index contributed by atoms with van der Waals surface area (Å²) in [4.78, 5) is 6.62. The molecule has 0 aliphatic rings. The van der Waals surface area contributed by atoms with Crippen LogP contribution in [0.2, 0.25) is 0 Å². The molecule has 0 bridgehead atoms. The molecular weight excluding hydrogens is 301 g/mol. The van der Waals surface area contributed by atoms with E-state index in [9.17, 15) is 13.2 Å². The summed E-state index contributed by atoms with van der Waals surface area (Å²) >= 11 is 3.13. The highest BCUT2D eigenvalue weighted by molar-refractivity contribution is 9.10. The van der Waals surface area contributed by atoms with E-state index in [-0.39, 0.29) is 17.3 Å². The van der Waals surface area contributed by atoms with Crippen molar-refractivity contribution < 1.29 is 17.9 Å². The summed E-state index contributed by atoms with van der Waals surface area (Å²) in [6, 6.07) is 1.90. The molecule has 0 radical (unpaired) electrons. The Labute approximate surface area is 103 Å². The quantitative estimate of drug-likeness (QED) is 0.865. The predicted molar refractivity (Wildman–Crippen MR) is 58.1 cm³/mol. The minimum absolute atomic E-state index is 0.104. The lowest BCUT2D eigenvalue weighted by molar-refractivity contribution is 0.384. The SMILES string of the molecule is COc1nc(-c2cc(F)c(F)c(F)c2)c(Br)[nH]1. The Kier molecular flexibility index (Phi) is 3.10. The molecule has 7 heteroatoms. The molecule has 0 aliphatic heterocycles. The lowest BCUT2D eigenvalue weighted by Gasteiger charge is -2.00. The van der Waals surface area contributed by atoms with Crippen molar-refractivity contribution in [2.75, 3.05) is 7.11 Å². The fourth-order valence-electron chi connectivity index (χ4n) is 1.31. The van der Waals surface area contributed by atoms with Gasteiger partial charge in [-0.1, -0.05) is 0 Å². The summed E-state index contributed by atoms with van der Waals surface area (Å²) in [5, 5.41) is 0. The van der Waals surface area contributed by atoms with Crippen LogP contribution in [-0.2, 0) is 0 Å². The summed E-state index contributed by atoms with van der Waals surface area (Å²) < 4.78 is 44.1. The number of hydrogen-bond donors (Lipinski definition) is 1. The minimum Gasteiger partial charge on any atom is -0.468 e. The Hall–Kier alpha value is -1.50. The van der Waals surface area contributed by atoms with Crippen molar-refractivity contribution in [3.63, 3.8) is 0 Å². The first-order chi connectivity index (χ1) is 8.02. The Morgan fingerprint density at radius 3 is 2.29 bits per heavy atom. The molecule has 17 heavy (non-hydrogen) atoms. The monoisotopic (exact) mass is 306 g/mol.